The highest BCUT2D eigenvalue weighted by molar-refractivity contribution is 5.85. The van der Waals surface area contributed by atoms with Gasteiger partial charge in [-0.25, -0.2) is 0 Å². The molecule has 3 heteroatoms. The van der Waals surface area contributed by atoms with Gasteiger partial charge in [-0.1, -0.05) is 24.3 Å². The van der Waals surface area contributed by atoms with E-state index in [1.807, 2.05) is 0 Å². The molecule has 1 aromatic carbocycles. The first-order valence-electron chi connectivity index (χ1n) is 9.12. The minimum Gasteiger partial charge on any atom is -0.381 e. The molecule has 23 heavy (non-hydrogen) atoms. The molecule has 0 radical (unpaired) electrons. The van der Waals surface area contributed by atoms with Crippen LogP contribution in [0.25, 0.3) is 0 Å². The van der Waals surface area contributed by atoms with Crippen LogP contribution >= 0.6 is 0 Å². The Balaban J connectivity index is 1.55. The molecule has 0 aromatic heterocycles. The zero-order valence-electron chi connectivity index (χ0n) is 14.3. The summed E-state index contributed by atoms with van der Waals surface area (Å²) in [6.45, 7) is 5.90. The molecule has 1 saturated heterocycles. The minimum atomic E-state index is 0.159. The van der Waals surface area contributed by atoms with Gasteiger partial charge >= 0.3 is 0 Å². The van der Waals surface area contributed by atoms with Crippen LogP contribution in [0.4, 0.5) is 0 Å². The van der Waals surface area contributed by atoms with Crippen molar-refractivity contribution in [1.29, 1.82) is 0 Å². The maximum absolute atomic E-state index is 13.3. The predicted molar refractivity (Wildman–Crippen MR) is 90.4 cm³/mol. The van der Waals surface area contributed by atoms with Crippen molar-refractivity contribution in [2.75, 3.05) is 13.2 Å². The Hall–Kier alpha value is -1.35. The van der Waals surface area contributed by atoms with Gasteiger partial charge in [-0.05, 0) is 57.1 Å². The number of benzene rings is 1. The van der Waals surface area contributed by atoms with Gasteiger partial charge in [0.2, 0.25) is 5.91 Å². The lowest BCUT2D eigenvalue weighted by molar-refractivity contribution is -0.139. The number of ether oxygens (including phenoxy) is 1. The van der Waals surface area contributed by atoms with E-state index >= 15 is 0 Å². The summed E-state index contributed by atoms with van der Waals surface area (Å²) in [6.07, 6.45) is 5.32. The molecule has 2 fully saturated rings. The van der Waals surface area contributed by atoms with Crippen LogP contribution in [0.3, 0.4) is 0 Å². The van der Waals surface area contributed by atoms with E-state index in [0.29, 0.717) is 11.9 Å². The lowest BCUT2D eigenvalue weighted by Crippen LogP contribution is -2.48. The number of nitrogens with zero attached hydrogens (tertiary/aromatic N) is 1. The van der Waals surface area contributed by atoms with Crippen LogP contribution in [0.2, 0.25) is 0 Å². The second kappa shape index (κ2) is 5.62. The number of rotatable bonds is 3. The Bertz CT molecular complexity index is 605. The molecule has 3 nitrogen and oxygen atoms in total. The molecule has 1 amide bonds. The van der Waals surface area contributed by atoms with Crippen LogP contribution in [0, 0.1) is 5.92 Å². The average Bonchev–Trinajstić information content (AvgIpc) is 3.18. The first-order chi connectivity index (χ1) is 11.1. The van der Waals surface area contributed by atoms with Gasteiger partial charge in [-0.2, -0.15) is 0 Å². The number of carbonyl (C=O) groups excluding carboxylic acids is 1. The second-order valence-electron chi connectivity index (χ2n) is 7.75. The zero-order chi connectivity index (χ0) is 16.0. The SMILES string of the molecule is CC(C)N(C(=O)[C@@H]1C[C@]12CCc1ccccc12)C1CCOCC1. The Labute approximate surface area is 139 Å². The van der Waals surface area contributed by atoms with Gasteiger partial charge in [-0.3, -0.25) is 4.79 Å². The molecule has 1 spiro atoms. The van der Waals surface area contributed by atoms with E-state index in [9.17, 15) is 4.79 Å². The van der Waals surface area contributed by atoms with Gasteiger partial charge in [0, 0.05) is 36.6 Å². The van der Waals surface area contributed by atoms with Crippen molar-refractivity contribution in [2.24, 2.45) is 5.92 Å². The quantitative estimate of drug-likeness (QED) is 0.857. The van der Waals surface area contributed by atoms with Gasteiger partial charge in [-0.15, -0.1) is 0 Å². The summed E-state index contributed by atoms with van der Waals surface area (Å²) in [5.41, 5.74) is 3.07. The number of hydrogen-bond acceptors (Lipinski definition) is 2. The van der Waals surface area contributed by atoms with E-state index in [0.717, 1.165) is 45.3 Å². The molecule has 2 aliphatic carbocycles. The van der Waals surface area contributed by atoms with Crippen LogP contribution in [0.5, 0.6) is 0 Å². The van der Waals surface area contributed by atoms with E-state index < -0.39 is 0 Å². The molecule has 1 aromatic rings. The molecule has 124 valence electrons. The second-order valence-corrected chi connectivity index (χ2v) is 7.75. The van der Waals surface area contributed by atoms with Crippen molar-refractivity contribution in [3.63, 3.8) is 0 Å². The Morgan fingerprint density at radius 1 is 1.26 bits per heavy atom. The van der Waals surface area contributed by atoms with Crippen molar-refractivity contribution in [3.8, 4) is 0 Å². The highest BCUT2D eigenvalue weighted by Gasteiger charge is 2.62. The minimum absolute atomic E-state index is 0.159. The first-order valence-corrected chi connectivity index (χ1v) is 9.12. The fourth-order valence-corrected chi connectivity index (χ4v) is 4.92. The zero-order valence-corrected chi connectivity index (χ0v) is 14.3. The molecule has 2 atom stereocenters. The number of carbonyl (C=O) groups is 1. The third-order valence-corrected chi connectivity index (χ3v) is 6.16. The molecule has 4 rings (SSSR count). The summed E-state index contributed by atoms with van der Waals surface area (Å²) >= 11 is 0. The van der Waals surface area contributed by atoms with Crippen molar-refractivity contribution in [2.45, 2.75) is 63.5 Å². The lowest BCUT2D eigenvalue weighted by Gasteiger charge is -2.38. The molecule has 1 heterocycles. The standard InChI is InChI=1S/C20H27NO2/c1-14(2)21(16-8-11-23-12-9-16)19(22)18-13-20(18)10-7-15-5-3-4-6-17(15)20/h3-6,14,16,18H,7-13H2,1-2H3/t18-,20-/m0/s1. The third-order valence-electron chi connectivity index (χ3n) is 6.16. The number of hydrogen-bond donors (Lipinski definition) is 0. The number of aryl methyl sites for hydroxylation is 1. The summed E-state index contributed by atoms with van der Waals surface area (Å²) in [5.74, 6) is 0.597. The molecule has 0 N–H and O–H groups in total. The normalized spacial score (nSPS) is 29.8. The fraction of sp³-hybridized carbons (Fsp3) is 0.650. The van der Waals surface area contributed by atoms with Crippen LogP contribution in [0.1, 0.15) is 50.7 Å². The highest BCUT2D eigenvalue weighted by Crippen LogP contribution is 2.62. The number of amides is 1. The Morgan fingerprint density at radius 2 is 2.00 bits per heavy atom. The summed E-state index contributed by atoms with van der Waals surface area (Å²) in [5, 5.41) is 0. The van der Waals surface area contributed by atoms with Crippen LogP contribution < -0.4 is 0 Å². The van der Waals surface area contributed by atoms with Crippen molar-refractivity contribution >= 4 is 5.91 Å². The van der Waals surface area contributed by atoms with Gasteiger partial charge in [0.1, 0.15) is 0 Å². The molecule has 1 aliphatic heterocycles. The van der Waals surface area contributed by atoms with Crippen molar-refractivity contribution in [3.05, 3.63) is 35.4 Å². The summed E-state index contributed by atoms with van der Waals surface area (Å²) in [7, 11) is 0. The van der Waals surface area contributed by atoms with E-state index in [2.05, 4.69) is 43.0 Å². The van der Waals surface area contributed by atoms with E-state index in [1.165, 1.54) is 11.1 Å². The largest absolute Gasteiger partial charge is 0.381 e. The monoisotopic (exact) mass is 313 g/mol. The average molecular weight is 313 g/mol. The van der Waals surface area contributed by atoms with E-state index in [1.54, 1.807) is 0 Å². The molecule has 1 saturated carbocycles. The molecule has 0 bridgehead atoms. The van der Waals surface area contributed by atoms with E-state index in [4.69, 9.17) is 4.74 Å². The smallest absolute Gasteiger partial charge is 0.227 e. The van der Waals surface area contributed by atoms with Crippen LogP contribution in [-0.4, -0.2) is 36.1 Å². The van der Waals surface area contributed by atoms with Crippen LogP contribution in [0.15, 0.2) is 24.3 Å². The van der Waals surface area contributed by atoms with E-state index in [-0.39, 0.29) is 17.4 Å². The molecular weight excluding hydrogens is 286 g/mol. The van der Waals surface area contributed by atoms with Gasteiger partial charge < -0.3 is 9.64 Å². The fourth-order valence-electron chi connectivity index (χ4n) is 4.92. The molecule has 0 unspecified atom stereocenters. The summed E-state index contributed by atoms with van der Waals surface area (Å²) in [4.78, 5) is 15.5. The maximum Gasteiger partial charge on any atom is 0.227 e. The van der Waals surface area contributed by atoms with Crippen LogP contribution in [-0.2, 0) is 21.4 Å². The predicted octanol–water partition coefficient (Wildman–Crippen LogP) is 3.31. The van der Waals surface area contributed by atoms with Gasteiger partial charge in [0.25, 0.3) is 0 Å². The molecular formula is C20H27NO2. The Kier molecular flexibility index (Phi) is 3.72. The summed E-state index contributed by atoms with van der Waals surface area (Å²) in [6, 6.07) is 9.39. The van der Waals surface area contributed by atoms with Crippen molar-refractivity contribution < 1.29 is 9.53 Å². The maximum atomic E-state index is 13.3. The topological polar surface area (TPSA) is 29.5 Å². The third kappa shape index (κ3) is 2.40. The lowest BCUT2D eigenvalue weighted by atomic mass is 9.94. The van der Waals surface area contributed by atoms with Crippen molar-refractivity contribution in [1.82, 2.24) is 4.90 Å². The number of fused-ring (bicyclic) bond motifs is 2. The Morgan fingerprint density at radius 3 is 2.74 bits per heavy atom. The first kappa shape index (κ1) is 15.2. The molecule has 3 aliphatic rings. The van der Waals surface area contributed by atoms with Gasteiger partial charge in [0.15, 0.2) is 0 Å². The highest BCUT2D eigenvalue weighted by atomic mass is 16.5. The van der Waals surface area contributed by atoms with Gasteiger partial charge in [0.05, 0.1) is 0 Å². The summed E-state index contributed by atoms with van der Waals surface area (Å²) < 4.78 is 5.49.